The quantitative estimate of drug-likeness (QED) is 0.680. The zero-order valence-corrected chi connectivity index (χ0v) is 7.99. The third kappa shape index (κ3) is 1.45. The molecule has 0 fully saturated rings. The molecular weight excluding hydrogens is 184 g/mol. The van der Waals surface area contributed by atoms with Crippen molar-refractivity contribution in [3.05, 3.63) is 47.5 Å². The standard InChI is InChI=1S/C10H9ClN2/c1-8-6-12-7-13(8)10-5-3-2-4-9(10)11/h2-7H,1H3. The van der Waals surface area contributed by atoms with E-state index in [1.807, 2.05) is 42.0 Å². The minimum absolute atomic E-state index is 0.739. The Bertz CT molecular complexity index is 420. The molecule has 3 heteroatoms. The number of benzene rings is 1. The predicted molar refractivity (Wildman–Crippen MR) is 53.3 cm³/mol. The summed E-state index contributed by atoms with van der Waals surface area (Å²) in [5.74, 6) is 0. The second-order valence-electron chi connectivity index (χ2n) is 2.86. The summed E-state index contributed by atoms with van der Waals surface area (Å²) in [6.07, 6.45) is 3.57. The van der Waals surface area contributed by atoms with Gasteiger partial charge in [0.1, 0.15) is 0 Å². The molecule has 0 N–H and O–H groups in total. The van der Waals surface area contributed by atoms with Gasteiger partial charge in [0.15, 0.2) is 0 Å². The molecule has 0 aliphatic rings. The topological polar surface area (TPSA) is 17.8 Å². The summed E-state index contributed by atoms with van der Waals surface area (Å²) < 4.78 is 1.96. The third-order valence-corrected chi connectivity index (χ3v) is 2.26. The van der Waals surface area contributed by atoms with Gasteiger partial charge in [-0.3, -0.25) is 0 Å². The first-order valence-electron chi connectivity index (χ1n) is 4.03. The van der Waals surface area contributed by atoms with Crippen molar-refractivity contribution in [3.63, 3.8) is 0 Å². The average Bonchev–Trinajstić information content (AvgIpc) is 2.52. The molecule has 1 aromatic carbocycles. The first-order valence-corrected chi connectivity index (χ1v) is 4.40. The maximum Gasteiger partial charge on any atom is 0.0994 e. The van der Waals surface area contributed by atoms with Gasteiger partial charge in [0, 0.05) is 11.9 Å². The molecule has 0 saturated heterocycles. The molecule has 0 unspecified atom stereocenters. The first kappa shape index (κ1) is 8.32. The molecule has 0 amide bonds. The molecule has 2 aromatic rings. The zero-order valence-electron chi connectivity index (χ0n) is 7.24. The summed E-state index contributed by atoms with van der Waals surface area (Å²) in [6.45, 7) is 2.00. The highest BCUT2D eigenvalue weighted by Crippen LogP contribution is 2.20. The van der Waals surface area contributed by atoms with Crippen LogP contribution in [0.5, 0.6) is 0 Å². The van der Waals surface area contributed by atoms with Crippen molar-refractivity contribution >= 4 is 11.6 Å². The van der Waals surface area contributed by atoms with Crippen LogP contribution in [0.4, 0.5) is 0 Å². The van der Waals surface area contributed by atoms with Crippen molar-refractivity contribution in [1.82, 2.24) is 9.55 Å². The number of rotatable bonds is 1. The minimum atomic E-state index is 0.739. The van der Waals surface area contributed by atoms with Crippen LogP contribution in [0.3, 0.4) is 0 Å². The molecule has 0 saturated carbocycles. The van der Waals surface area contributed by atoms with E-state index < -0.39 is 0 Å². The average molecular weight is 193 g/mol. The van der Waals surface area contributed by atoms with Crippen LogP contribution < -0.4 is 0 Å². The molecule has 1 heterocycles. The maximum absolute atomic E-state index is 6.04. The van der Waals surface area contributed by atoms with Crippen LogP contribution in [0.1, 0.15) is 5.69 Å². The highest BCUT2D eigenvalue weighted by molar-refractivity contribution is 6.32. The Morgan fingerprint density at radius 3 is 2.69 bits per heavy atom. The van der Waals surface area contributed by atoms with E-state index in [0.29, 0.717) is 0 Å². The second kappa shape index (κ2) is 3.23. The van der Waals surface area contributed by atoms with Crippen molar-refractivity contribution in [2.75, 3.05) is 0 Å². The highest BCUT2D eigenvalue weighted by atomic mass is 35.5. The number of aromatic nitrogens is 2. The molecule has 0 bridgehead atoms. The van der Waals surface area contributed by atoms with Crippen LogP contribution in [0.25, 0.3) is 5.69 Å². The van der Waals surface area contributed by atoms with Gasteiger partial charge >= 0.3 is 0 Å². The third-order valence-electron chi connectivity index (χ3n) is 1.94. The summed E-state index contributed by atoms with van der Waals surface area (Å²) >= 11 is 6.04. The van der Waals surface area contributed by atoms with E-state index in [1.54, 1.807) is 6.33 Å². The zero-order chi connectivity index (χ0) is 9.26. The molecule has 1 aromatic heterocycles. The fourth-order valence-corrected chi connectivity index (χ4v) is 1.49. The number of halogens is 1. The number of imidazole rings is 1. The summed E-state index contributed by atoms with van der Waals surface area (Å²) in [4.78, 5) is 4.04. The van der Waals surface area contributed by atoms with Gasteiger partial charge in [0.05, 0.1) is 17.0 Å². The Balaban J connectivity index is 2.59. The van der Waals surface area contributed by atoms with Gasteiger partial charge < -0.3 is 4.57 Å². The second-order valence-corrected chi connectivity index (χ2v) is 3.26. The van der Waals surface area contributed by atoms with Gasteiger partial charge in [-0.15, -0.1) is 0 Å². The lowest BCUT2D eigenvalue weighted by Crippen LogP contribution is -1.94. The maximum atomic E-state index is 6.04. The molecule has 0 radical (unpaired) electrons. The summed E-state index contributed by atoms with van der Waals surface area (Å²) in [5.41, 5.74) is 2.05. The molecule has 0 spiro atoms. The Hall–Kier alpha value is -1.28. The normalized spacial score (nSPS) is 10.3. The van der Waals surface area contributed by atoms with Crippen LogP contribution in [0.15, 0.2) is 36.8 Å². The summed E-state index contributed by atoms with van der Waals surface area (Å²) in [7, 11) is 0. The van der Waals surface area contributed by atoms with Crippen LogP contribution in [-0.4, -0.2) is 9.55 Å². The molecule has 0 aliphatic carbocycles. The molecular formula is C10H9ClN2. The van der Waals surface area contributed by atoms with E-state index in [1.165, 1.54) is 0 Å². The number of para-hydroxylation sites is 1. The van der Waals surface area contributed by atoms with Crippen molar-refractivity contribution in [1.29, 1.82) is 0 Å². The summed E-state index contributed by atoms with van der Waals surface area (Å²) in [6, 6.07) is 7.71. The van der Waals surface area contributed by atoms with Crippen LogP contribution >= 0.6 is 11.6 Å². The Morgan fingerprint density at radius 1 is 1.31 bits per heavy atom. The Morgan fingerprint density at radius 2 is 2.08 bits per heavy atom. The van der Waals surface area contributed by atoms with Crippen molar-refractivity contribution in [3.8, 4) is 5.69 Å². The molecule has 13 heavy (non-hydrogen) atoms. The van der Waals surface area contributed by atoms with Crippen molar-refractivity contribution < 1.29 is 0 Å². The molecule has 2 nitrogen and oxygen atoms in total. The van der Waals surface area contributed by atoms with E-state index in [0.717, 1.165) is 16.4 Å². The van der Waals surface area contributed by atoms with Gasteiger partial charge in [-0.05, 0) is 19.1 Å². The van der Waals surface area contributed by atoms with Crippen molar-refractivity contribution in [2.45, 2.75) is 6.92 Å². The monoisotopic (exact) mass is 192 g/mol. The Labute approximate surface area is 81.8 Å². The van der Waals surface area contributed by atoms with Crippen molar-refractivity contribution in [2.24, 2.45) is 0 Å². The molecule has 0 aliphatic heterocycles. The highest BCUT2D eigenvalue weighted by Gasteiger charge is 2.02. The van der Waals surface area contributed by atoms with Gasteiger partial charge in [-0.25, -0.2) is 4.98 Å². The smallest absolute Gasteiger partial charge is 0.0994 e. The lowest BCUT2D eigenvalue weighted by molar-refractivity contribution is 1.00. The van der Waals surface area contributed by atoms with E-state index in [-0.39, 0.29) is 0 Å². The van der Waals surface area contributed by atoms with Gasteiger partial charge in [0.2, 0.25) is 0 Å². The molecule has 66 valence electrons. The fraction of sp³-hybridized carbons (Fsp3) is 0.100. The van der Waals surface area contributed by atoms with Gasteiger partial charge in [-0.2, -0.15) is 0 Å². The fourth-order valence-electron chi connectivity index (χ4n) is 1.26. The predicted octanol–water partition coefficient (Wildman–Crippen LogP) is 2.83. The van der Waals surface area contributed by atoms with Crippen LogP contribution in [-0.2, 0) is 0 Å². The molecule has 0 atom stereocenters. The van der Waals surface area contributed by atoms with Crippen LogP contribution in [0, 0.1) is 6.92 Å². The lowest BCUT2D eigenvalue weighted by atomic mass is 10.3. The van der Waals surface area contributed by atoms with Gasteiger partial charge in [0.25, 0.3) is 0 Å². The number of hydrogen-bond donors (Lipinski definition) is 0. The largest absolute Gasteiger partial charge is 0.302 e. The van der Waals surface area contributed by atoms with Crippen LogP contribution in [0.2, 0.25) is 5.02 Å². The summed E-state index contributed by atoms with van der Waals surface area (Å²) in [5, 5.41) is 0.739. The lowest BCUT2D eigenvalue weighted by Gasteiger charge is -2.06. The van der Waals surface area contributed by atoms with Gasteiger partial charge in [-0.1, -0.05) is 23.7 Å². The first-order chi connectivity index (χ1) is 6.29. The number of hydrogen-bond acceptors (Lipinski definition) is 1. The number of nitrogens with zero attached hydrogens (tertiary/aromatic N) is 2. The Kier molecular flexibility index (Phi) is 2.07. The molecule has 2 rings (SSSR count). The number of aryl methyl sites for hydroxylation is 1. The van der Waals surface area contributed by atoms with E-state index in [4.69, 9.17) is 11.6 Å². The van der Waals surface area contributed by atoms with E-state index in [2.05, 4.69) is 4.98 Å². The minimum Gasteiger partial charge on any atom is -0.302 e. The van der Waals surface area contributed by atoms with E-state index >= 15 is 0 Å². The SMILES string of the molecule is Cc1cncn1-c1ccccc1Cl. The van der Waals surface area contributed by atoms with E-state index in [9.17, 15) is 0 Å².